The van der Waals surface area contributed by atoms with Gasteiger partial charge in [-0.3, -0.25) is 9.69 Å². The van der Waals surface area contributed by atoms with Gasteiger partial charge in [-0.1, -0.05) is 0 Å². The number of carbonyl (C=O) groups is 1. The van der Waals surface area contributed by atoms with Crippen LogP contribution in [0.25, 0.3) is 0 Å². The van der Waals surface area contributed by atoms with Gasteiger partial charge in [-0.25, -0.2) is 0 Å². The fraction of sp³-hybridized carbons (Fsp3) is 0.667. The number of benzene rings is 1. The number of fused-ring (bicyclic) bond motifs is 2. The van der Waals surface area contributed by atoms with Gasteiger partial charge < -0.3 is 10.1 Å². The smallest absolute Gasteiger partial charge is 0.377 e. The molecule has 172 valence electrons. The Bertz CT molecular complexity index is 773. The molecule has 3 aliphatic heterocycles. The highest BCUT2D eigenvalue weighted by Crippen LogP contribution is 2.38. The van der Waals surface area contributed by atoms with Crippen molar-refractivity contribution in [2.75, 3.05) is 13.2 Å². The Morgan fingerprint density at radius 1 is 0.968 bits per heavy atom. The maximum absolute atomic E-state index is 13.1. The molecule has 3 aliphatic rings. The molecule has 2 bridgehead atoms. The molecule has 3 unspecified atom stereocenters. The van der Waals surface area contributed by atoms with Crippen LogP contribution < -0.4 is 5.32 Å². The molecule has 0 radical (unpaired) electrons. The summed E-state index contributed by atoms with van der Waals surface area (Å²) in [7, 11) is 0. The van der Waals surface area contributed by atoms with E-state index in [1.807, 2.05) is 0 Å². The lowest BCUT2D eigenvalue weighted by Crippen LogP contribution is -2.52. The average Bonchev–Trinajstić information content (AvgIpc) is 3.26. The third-order valence-corrected chi connectivity index (χ3v) is 6.51. The van der Waals surface area contributed by atoms with E-state index in [-0.39, 0.29) is 30.3 Å². The van der Waals surface area contributed by atoms with E-state index in [9.17, 15) is 31.1 Å². The van der Waals surface area contributed by atoms with Crippen LogP contribution in [-0.4, -0.2) is 48.2 Å². The molecule has 0 aliphatic carbocycles. The summed E-state index contributed by atoms with van der Waals surface area (Å²) in [5, 5.41) is 2.68. The molecule has 10 heteroatoms. The van der Waals surface area contributed by atoms with Crippen LogP contribution in [0.4, 0.5) is 26.3 Å². The third-order valence-electron chi connectivity index (χ3n) is 6.51. The van der Waals surface area contributed by atoms with Gasteiger partial charge in [0.15, 0.2) is 0 Å². The van der Waals surface area contributed by atoms with Gasteiger partial charge in [-0.05, 0) is 56.7 Å². The largest absolute Gasteiger partial charge is 0.416 e. The van der Waals surface area contributed by atoms with Crippen LogP contribution in [-0.2, 0) is 17.1 Å². The standard InChI is InChI=1S/C21H24F6N2O2/c22-20(23,24)13-6-12(7-14(8-13)21(25,26)27)19(30)28-15-9-16-3-4-17(10-15)29(16)11-18-2-1-5-31-18/h6-8,15-18H,1-5,9-11H2,(H,28,30). The Morgan fingerprint density at radius 3 is 2.03 bits per heavy atom. The SMILES string of the molecule is O=C(NC1CC2CCC(C1)N2CC1CCCO1)c1cc(C(F)(F)F)cc(C(F)(F)F)c1. The first-order valence-corrected chi connectivity index (χ1v) is 10.5. The van der Waals surface area contributed by atoms with Crippen LogP contribution >= 0.6 is 0 Å². The molecule has 3 fully saturated rings. The van der Waals surface area contributed by atoms with Crippen molar-refractivity contribution in [3.8, 4) is 0 Å². The first-order chi connectivity index (χ1) is 14.5. The van der Waals surface area contributed by atoms with Crippen molar-refractivity contribution in [2.24, 2.45) is 0 Å². The van der Waals surface area contributed by atoms with Gasteiger partial charge in [0.2, 0.25) is 0 Å². The van der Waals surface area contributed by atoms with E-state index in [1.165, 1.54) is 0 Å². The molecule has 1 aromatic carbocycles. The number of carbonyl (C=O) groups excluding carboxylic acids is 1. The minimum atomic E-state index is -4.98. The lowest BCUT2D eigenvalue weighted by atomic mass is 9.96. The second kappa shape index (κ2) is 8.27. The number of hydrogen-bond donors (Lipinski definition) is 1. The van der Waals surface area contributed by atoms with Gasteiger partial charge in [-0.15, -0.1) is 0 Å². The monoisotopic (exact) mass is 450 g/mol. The molecule has 4 rings (SSSR count). The lowest BCUT2D eigenvalue weighted by molar-refractivity contribution is -0.143. The van der Waals surface area contributed by atoms with E-state index in [4.69, 9.17) is 4.74 Å². The topological polar surface area (TPSA) is 41.6 Å². The molecule has 1 aromatic rings. The van der Waals surface area contributed by atoms with E-state index >= 15 is 0 Å². The minimum absolute atomic E-state index is 0.0284. The van der Waals surface area contributed by atoms with E-state index in [0.717, 1.165) is 38.8 Å². The summed E-state index contributed by atoms with van der Waals surface area (Å²) in [6.45, 7) is 1.60. The average molecular weight is 450 g/mol. The van der Waals surface area contributed by atoms with Crippen LogP contribution in [0.3, 0.4) is 0 Å². The molecule has 1 N–H and O–H groups in total. The Kier molecular flexibility index (Phi) is 5.97. The van der Waals surface area contributed by atoms with Crippen molar-refractivity contribution in [3.05, 3.63) is 34.9 Å². The predicted octanol–water partition coefficient (Wildman–Crippen LogP) is 4.63. The lowest BCUT2D eigenvalue weighted by Gasteiger charge is -2.40. The second-order valence-corrected chi connectivity index (χ2v) is 8.65. The zero-order valence-corrected chi connectivity index (χ0v) is 16.7. The minimum Gasteiger partial charge on any atom is -0.377 e. The Balaban J connectivity index is 1.45. The molecule has 31 heavy (non-hydrogen) atoms. The number of halogens is 6. The number of amides is 1. The predicted molar refractivity (Wildman–Crippen MR) is 99.4 cm³/mol. The zero-order valence-electron chi connectivity index (χ0n) is 16.7. The van der Waals surface area contributed by atoms with Gasteiger partial charge in [0, 0.05) is 36.8 Å². The van der Waals surface area contributed by atoms with Crippen molar-refractivity contribution in [3.63, 3.8) is 0 Å². The second-order valence-electron chi connectivity index (χ2n) is 8.65. The highest BCUT2D eigenvalue weighted by Gasteiger charge is 2.43. The fourth-order valence-electron chi connectivity index (χ4n) is 5.07. The summed E-state index contributed by atoms with van der Waals surface area (Å²) < 4.78 is 84.1. The van der Waals surface area contributed by atoms with Gasteiger partial charge in [0.25, 0.3) is 5.91 Å². The number of nitrogens with zero attached hydrogens (tertiary/aromatic N) is 1. The normalized spacial score (nSPS) is 29.4. The number of nitrogens with one attached hydrogen (secondary N) is 1. The van der Waals surface area contributed by atoms with Crippen molar-refractivity contribution in [1.29, 1.82) is 0 Å². The molecule has 0 saturated carbocycles. The van der Waals surface area contributed by atoms with Gasteiger partial charge >= 0.3 is 12.4 Å². The molecule has 3 atom stereocenters. The first-order valence-electron chi connectivity index (χ1n) is 10.5. The highest BCUT2D eigenvalue weighted by atomic mass is 19.4. The fourth-order valence-corrected chi connectivity index (χ4v) is 5.07. The summed E-state index contributed by atoms with van der Waals surface area (Å²) in [6.07, 6.45) is -4.51. The first kappa shape index (κ1) is 22.4. The van der Waals surface area contributed by atoms with Crippen molar-refractivity contribution >= 4 is 5.91 Å². The Hall–Kier alpha value is -1.81. The number of alkyl halides is 6. The zero-order chi connectivity index (χ0) is 22.4. The maximum atomic E-state index is 13.1. The summed E-state index contributed by atoms with van der Waals surface area (Å²) in [4.78, 5) is 15.0. The molecule has 0 spiro atoms. The van der Waals surface area contributed by atoms with Crippen LogP contribution in [0.2, 0.25) is 0 Å². The quantitative estimate of drug-likeness (QED) is 0.681. The molecule has 0 aromatic heterocycles. The van der Waals surface area contributed by atoms with Crippen LogP contribution in [0.15, 0.2) is 18.2 Å². The number of hydrogen-bond acceptors (Lipinski definition) is 3. The van der Waals surface area contributed by atoms with Gasteiger partial charge in [0.05, 0.1) is 17.2 Å². The highest BCUT2D eigenvalue weighted by molar-refractivity contribution is 5.94. The number of ether oxygens (including phenoxy) is 1. The maximum Gasteiger partial charge on any atom is 0.416 e. The Morgan fingerprint density at radius 2 is 1.55 bits per heavy atom. The van der Waals surface area contributed by atoms with E-state index in [0.29, 0.717) is 25.0 Å². The van der Waals surface area contributed by atoms with E-state index < -0.39 is 35.0 Å². The Labute approximate surface area is 175 Å². The number of rotatable bonds is 4. The molecular formula is C21H24F6N2O2. The molecule has 1 amide bonds. The van der Waals surface area contributed by atoms with Crippen LogP contribution in [0.1, 0.15) is 60.0 Å². The van der Waals surface area contributed by atoms with Crippen molar-refractivity contribution in [2.45, 2.75) is 75.1 Å². The summed E-state index contributed by atoms with van der Waals surface area (Å²) in [5.74, 6) is -0.909. The van der Waals surface area contributed by atoms with Gasteiger partial charge in [-0.2, -0.15) is 26.3 Å². The van der Waals surface area contributed by atoms with Crippen LogP contribution in [0, 0.1) is 0 Å². The van der Waals surface area contributed by atoms with Crippen molar-refractivity contribution < 1.29 is 35.9 Å². The van der Waals surface area contributed by atoms with E-state index in [2.05, 4.69) is 10.2 Å². The van der Waals surface area contributed by atoms with Gasteiger partial charge in [0.1, 0.15) is 0 Å². The number of piperidine rings is 1. The molecular weight excluding hydrogens is 426 g/mol. The van der Waals surface area contributed by atoms with E-state index in [1.54, 1.807) is 0 Å². The third kappa shape index (κ3) is 5.00. The molecule has 3 heterocycles. The summed E-state index contributed by atoms with van der Waals surface area (Å²) in [5.41, 5.74) is -3.60. The summed E-state index contributed by atoms with van der Waals surface area (Å²) >= 11 is 0. The molecule has 3 saturated heterocycles. The van der Waals surface area contributed by atoms with Crippen molar-refractivity contribution in [1.82, 2.24) is 10.2 Å². The summed E-state index contributed by atoms with van der Waals surface area (Å²) in [6, 6.07) is 1.17. The molecule has 4 nitrogen and oxygen atoms in total. The van der Waals surface area contributed by atoms with Crippen LogP contribution in [0.5, 0.6) is 0 Å².